The lowest BCUT2D eigenvalue weighted by atomic mass is 10.2. The second kappa shape index (κ2) is 9.04. The minimum Gasteiger partial charge on any atom is -0.366 e. The van der Waals surface area contributed by atoms with Crippen molar-refractivity contribution in [1.29, 1.82) is 0 Å². The molecule has 8 nitrogen and oxygen atoms in total. The van der Waals surface area contributed by atoms with Crippen molar-refractivity contribution in [2.75, 3.05) is 43.1 Å². The van der Waals surface area contributed by atoms with Gasteiger partial charge >= 0.3 is 0 Å². The van der Waals surface area contributed by atoms with E-state index in [2.05, 4.69) is 65.8 Å². The monoisotopic (exact) mass is 454 g/mol. The highest BCUT2D eigenvalue weighted by molar-refractivity contribution is 5.81. The van der Waals surface area contributed by atoms with Crippen molar-refractivity contribution in [2.24, 2.45) is 0 Å². The third kappa shape index (κ3) is 4.10. The fraction of sp³-hybridized carbons (Fsp3) is 0.346. The molecule has 0 saturated carbocycles. The molecule has 2 aliphatic rings. The number of fused-ring (bicyclic) bond motifs is 3. The van der Waals surface area contributed by atoms with Crippen LogP contribution in [-0.2, 0) is 0 Å². The third-order valence-electron chi connectivity index (χ3n) is 6.99. The summed E-state index contributed by atoms with van der Waals surface area (Å²) in [5.74, 6) is 0.851. The van der Waals surface area contributed by atoms with Gasteiger partial charge in [0.25, 0.3) is 0 Å². The Balaban J connectivity index is 0.978. The van der Waals surface area contributed by atoms with Crippen LogP contribution in [0.4, 0.5) is 11.5 Å². The second-order valence-electron chi connectivity index (χ2n) is 9.22. The van der Waals surface area contributed by atoms with Gasteiger partial charge in [-0.15, -0.1) is 0 Å². The van der Waals surface area contributed by atoms with Crippen LogP contribution in [0.2, 0.25) is 0 Å². The largest absolute Gasteiger partial charge is 0.366 e. The molecule has 2 bridgehead atoms. The molecule has 2 fully saturated rings. The van der Waals surface area contributed by atoms with E-state index < -0.39 is 0 Å². The first-order chi connectivity index (χ1) is 16.7. The van der Waals surface area contributed by atoms with Crippen LogP contribution in [0, 0.1) is 6.92 Å². The summed E-state index contributed by atoms with van der Waals surface area (Å²) in [6.45, 7) is 7.01. The molecule has 4 aromatic rings. The molecule has 5 heterocycles. The maximum absolute atomic E-state index is 4.59. The molecule has 0 spiro atoms. The van der Waals surface area contributed by atoms with Crippen LogP contribution in [-0.4, -0.2) is 69.6 Å². The van der Waals surface area contributed by atoms with E-state index >= 15 is 0 Å². The van der Waals surface area contributed by atoms with Crippen LogP contribution in [0.3, 0.4) is 0 Å². The van der Waals surface area contributed by atoms with Crippen LogP contribution in [0.15, 0.2) is 67.1 Å². The number of rotatable bonds is 8. The minimum absolute atomic E-state index is 0.651. The van der Waals surface area contributed by atoms with Gasteiger partial charge in [-0.05, 0) is 43.7 Å². The number of likely N-dealkylation sites (tertiary alicyclic amines) is 1. The van der Waals surface area contributed by atoms with Gasteiger partial charge in [-0.3, -0.25) is 15.2 Å². The minimum atomic E-state index is 0.651. The summed E-state index contributed by atoms with van der Waals surface area (Å²) in [6, 6.07) is 18.2. The number of benzene rings is 1. The molecule has 0 aliphatic carbocycles. The maximum atomic E-state index is 4.59. The fourth-order valence-electron chi connectivity index (χ4n) is 5.31. The molecule has 2 unspecified atom stereocenters. The van der Waals surface area contributed by atoms with Gasteiger partial charge in [-0.1, -0.05) is 18.2 Å². The van der Waals surface area contributed by atoms with Crippen LogP contribution in [0.1, 0.15) is 12.1 Å². The Morgan fingerprint density at radius 3 is 2.71 bits per heavy atom. The number of aromatic nitrogens is 4. The SMILES string of the molecule is Cc1cc(-n2ncc3cc(NCNCCN4CC5CC4CN5c4ccccc4)ncc32)ccn1. The third-order valence-corrected chi connectivity index (χ3v) is 6.99. The summed E-state index contributed by atoms with van der Waals surface area (Å²) in [5.41, 5.74) is 4.31. The Morgan fingerprint density at radius 2 is 1.88 bits per heavy atom. The van der Waals surface area contributed by atoms with Gasteiger partial charge in [0.05, 0.1) is 30.3 Å². The number of piperazine rings is 1. The summed E-state index contributed by atoms with van der Waals surface area (Å²) in [6.07, 6.45) is 6.84. The van der Waals surface area contributed by atoms with Crippen molar-refractivity contribution in [3.8, 4) is 5.69 Å². The molecule has 0 radical (unpaired) electrons. The lowest BCUT2D eigenvalue weighted by Crippen LogP contribution is -2.48. The first kappa shape index (κ1) is 21.1. The zero-order chi connectivity index (χ0) is 22.9. The lowest BCUT2D eigenvalue weighted by molar-refractivity contribution is 0.239. The van der Waals surface area contributed by atoms with Gasteiger partial charge in [-0.25, -0.2) is 9.67 Å². The summed E-state index contributed by atoms with van der Waals surface area (Å²) >= 11 is 0. The number of hydrogen-bond acceptors (Lipinski definition) is 7. The van der Waals surface area contributed by atoms with Gasteiger partial charge in [0, 0.05) is 61.2 Å². The van der Waals surface area contributed by atoms with Crippen LogP contribution in [0.25, 0.3) is 16.6 Å². The molecular formula is C26H30N8. The molecule has 2 saturated heterocycles. The molecule has 2 atom stereocenters. The highest BCUT2D eigenvalue weighted by Crippen LogP contribution is 2.34. The predicted octanol–water partition coefficient (Wildman–Crippen LogP) is 3.05. The van der Waals surface area contributed by atoms with E-state index in [1.807, 2.05) is 42.2 Å². The Bertz CT molecular complexity index is 1270. The number of anilines is 2. The first-order valence-electron chi connectivity index (χ1n) is 12.0. The second-order valence-corrected chi connectivity index (χ2v) is 9.22. The van der Waals surface area contributed by atoms with Crippen molar-refractivity contribution >= 4 is 22.4 Å². The van der Waals surface area contributed by atoms with E-state index in [-0.39, 0.29) is 0 Å². The number of aryl methyl sites for hydroxylation is 1. The lowest BCUT2D eigenvalue weighted by Gasteiger charge is -2.35. The summed E-state index contributed by atoms with van der Waals surface area (Å²) in [7, 11) is 0. The fourth-order valence-corrected chi connectivity index (χ4v) is 5.31. The van der Waals surface area contributed by atoms with E-state index in [9.17, 15) is 0 Å². The standard InChI is InChI=1S/C26H30N8/c1-19-11-22(7-8-28-19)34-25-15-29-26(12-20(25)14-31-34)30-18-27-9-10-32-16-24-13-23(32)17-33(24)21-5-3-2-4-6-21/h2-8,11-12,14-15,23-24,27H,9-10,13,16-18H2,1H3,(H,29,30). The molecule has 2 N–H and O–H groups in total. The molecule has 174 valence electrons. The molecule has 0 amide bonds. The van der Waals surface area contributed by atoms with Gasteiger partial charge in [0.15, 0.2) is 0 Å². The van der Waals surface area contributed by atoms with Crippen molar-refractivity contribution in [1.82, 2.24) is 30.0 Å². The highest BCUT2D eigenvalue weighted by atomic mass is 15.4. The van der Waals surface area contributed by atoms with E-state index in [4.69, 9.17) is 0 Å². The number of para-hydroxylation sites is 1. The predicted molar refractivity (Wildman–Crippen MR) is 135 cm³/mol. The molecule has 6 rings (SSSR count). The van der Waals surface area contributed by atoms with Gasteiger partial charge < -0.3 is 10.2 Å². The van der Waals surface area contributed by atoms with Gasteiger partial charge in [0.1, 0.15) is 5.82 Å². The molecule has 1 aromatic carbocycles. The van der Waals surface area contributed by atoms with Crippen molar-refractivity contribution in [3.63, 3.8) is 0 Å². The average Bonchev–Trinajstić information content (AvgIpc) is 3.58. The van der Waals surface area contributed by atoms with Crippen molar-refractivity contribution in [2.45, 2.75) is 25.4 Å². The topological polar surface area (TPSA) is 74.1 Å². The molecular weight excluding hydrogens is 424 g/mol. The van der Waals surface area contributed by atoms with Gasteiger partial charge in [-0.2, -0.15) is 5.10 Å². The van der Waals surface area contributed by atoms with Crippen molar-refractivity contribution < 1.29 is 0 Å². The first-order valence-corrected chi connectivity index (χ1v) is 12.0. The zero-order valence-electron chi connectivity index (χ0n) is 19.4. The van der Waals surface area contributed by atoms with Crippen molar-refractivity contribution in [3.05, 3.63) is 72.8 Å². The number of nitrogens with one attached hydrogen (secondary N) is 2. The normalized spacial score (nSPS) is 19.9. The van der Waals surface area contributed by atoms with E-state index in [1.54, 1.807) is 6.20 Å². The highest BCUT2D eigenvalue weighted by Gasteiger charge is 2.42. The Labute approximate surface area is 199 Å². The number of pyridine rings is 2. The molecule has 3 aromatic heterocycles. The van der Waals surface area contributed by atoms with E-state index in [0.29, 0.717) is 18.8 Å². The quantitative estimate of drug-likeness (QED) is 0.313. The molecule has 34 heavy (non-hydrogen) atoms. The van der Waals surface area contributed by atoms with Crippen LogP contribution < -0.4 is 15.5 Å². The smallest absolute Gasteiger partial charge is 0.127 e. The maximum Gasteiger partial charge on any atom is 0.127 e. The Morgan fingerprint density at radius 1 is 0.971 bits per heavy atom. The summed E-state index contributed by atoms with van der Waals surface area (Å²) in [4.78, 5) is 14.1. The summed E-state index contributed by atoms with van der Waals surface area (Å²) < 4.78 is 1.90. The Hall–Kier alpha value is -3.49. The van der Waals surface area contributed by atoms with Gasteiger partial charge in [0.2, 0.25) is 0 Å². The zero-order valence-corrected chi connectivity index (χ0v) is 19.4. The molecule has 2 aliphatic heterocycles. The average molecular weight is 455 g/mol. The number of nitrogens with zero attached hydrogens (tertiary/aromatic N) is 6. The summed E-state index contributed by atoms with van der Waals surface area (Å²) in [5, 5.41) is 12.5. The van der Waals surface area contributed by atoms with Crippen LogP contribution >= 0.6 is 0 Å². The Kier molecular flexibility index (Phi) is 5.60. The van der Waals surface area contributed by atoms with Crippen LogP contribution in [0.5, 0.6) is 0 Å². The molecule has 8 heteroatoms. The number of hydrogen-bond donors (Lipinski definition) is 2. The van der Waals surface area contributed by atoms with E-state index in [1.165, 1.54) is 12.1 Å². The van der Waals surface area contributed by atoms with E-state index in [0.717, 1.165) is 54.3 Å².